The highest BCUT2D eigenvalue weighted by atomic mass is 32.2. The van der Waals surface area contributed by atoms with E-state index in [0.29, 0.717) is 12.5 Å². The Kier molecular flexibility index (Phi) is 5.65. The Morgan fingerprint density at radius 2 is 2.05 bits per heavy atom. The van der Waals surface area contributed by atoms with E-state index in [1.54, 1.807) is 6.92 Å². The molecular formula is C16H26N2O2S. The molecule has 0 saturated heterocycles. The van der Waals surface area contributed by atoms with Gasteiger partial charge in [-0.05, 0) is 24.5 Å². The second-order valence-corrected chi connectivity index (χ2v) is 8.12. The molecule has 1 atom stereocenters. The Labute approximate surface area is 128 Å². The quantitative estimate of drug-likeness (QED) is 0.875. The zero-order valence-electron chi connectivity index (χ0n) is 13.0. The second-order valence-electron chi connectivity index (χ2n) is 5.65. The van der Waals surface area contributed by atoms with Gasteiger partial charge in [-0.3, -0.25) is 0 Å². The molecule has 0 fully saturated rings. The van der Waals surface area contributed by atoms with Gasteiger partial charge in [0.25, 0.3) is 0 Å². The number of para-hydroxylation sites is 1. The molecule has 1 aliphatic heterocycles. The van der Waals surface area contributed by atoms with Crippen LogP contribution in [0.1, 0.15) is 32.3 Å². The first-order chi connectivity index (χ1) is 10.1. The molecular weight excluding hydrogens is 284 g/mol. The topological polar surface area (TPSA) is 49.4 Å². The fraction of sp³-hybridized carbons (Fsp3) is 0.625. The van der Waals surface area contributed by atoms with E-state index in [9.17, 15) is 8.42 Å². The zero-order valence-corrected chi connectivity index (χ0v) is 13.8. The van der Waals surface area contributed by atoms with Crippen LogP contribution in [0.4, 0.5) is 5.69 Å². The van der Waals surface area contributed by atoms with Gasteiger partial charge in [-0.1, -0.05) is 32.0 Å². The number of hydrogen-bond donors (Lipinski definition) is 1. The normalized spacial score (nSPS) is 19.1. The summed E-state index contributed by atoms with van der Waals surface area (Å²) < 4.78 is 23.3. The van der Waals surface area contributed by atoms with Crippen LogP contribution in [0.3, 0.4) is 0 Å². The van der Waals surface area contributed by atoms with Crippen LogP contribution in [-0.4, -0.2) is 39.1 Å². The lowest BCUT2D eigenvalue weighted by Gasteiger charge is -2.27. The third-order valence-electron chi connectivity index (χ3n) is 4.17. The number of anilines is 1. The number of rotatable bonds is 6. The van der Waals surface area contributed by atoms with Crippen LogP contribution in [-0.2, 0) is 16.4 Å². The first-order valence-electron chi connectivity index (χ1n) is 7.82. The van der Waals surface area contributed by atoms with Crippen LogP contribution in [0.2, 0.25) is 0 Å². The van der Waals surface area contributed by atoms with Gasteiger partial charge in [0.15, 0.2) is 0 Å². The standard InChI is InChI=1S/C16H26N2O2S/c1-3-15-13-18(10-7-11-21(19,20)4-2)16-9-6-5-8-14(16)12-17-15/h5-6,8-9,15,17H,3-4,7,10-13H2,1-2H3. The van der Waals surface area contributed by atoms with Crippen molar-refractivity contribution in [2.24, 2.45) is 0 Å². The van der Waals surface area contributed by atoms with E-state index in [1.807, 2.05) is 0 Å². The maximum Gasteiger partial charge on any atom is 0.150 e. The number of benzene rings is 1. The Bertz CT molecular complexity index is 557. The lowest BCUT2D eigenvalue weighted by atomic mass is 10.1. The fourth-order valence-corrected chi connectivity index (χ4v) is 3.61. The molecule has 0 radical (unpaired) electrons. The summed E-state index contributed by atoms with van der Waals surface area (Å²) in [5.74, 6) is 0.523. The molecule has 118 valence electrons. The molecule has 1 N–H and O–H groups in total. The molecule has 0 bridgehead atoms. The molecule has 1 unspecified atom stereocenters. The monoisotopic (exact) mass is 310 g/mol. The molecule has 0 spiro atoms. The lowest BCUT2D eigenvalue weighted by molar-refractivity contribution is 0.502. The minimum absolute atomic E-state index is 0.239. The minimum atomic E-state index is -2.87. The summed E-state index contributed by atoms with van der Waals surface area (Å²) >= 11 is 0. The third-order valence-corrected chi connectivity index (χ3v) is 5.96. The van der Waals surface area contributed by atoms with Gasteiger partial charge >= 0.3 is 0 Å². The predicted molar refractivity (Wildman–Crippen MR) is 88.5 cm³/mol. The first kappa shape index (κ1) is 16.3. The van der Waals surface area contributed by atoms with Crippen molar-refractivity contribution in [3.63, 3.8) is 0 Å². The van der Waals surface area contributed by atoms with Crippen LogP contribution >= 0.6 is 0 Å². The Morgan fingerprint density at radius 3 is 2.76 bits per heavy atom. The molecule has 0 amide bonds. The van der Waals surface area contributed by atoms with Crippen LogP contribution in [0.25, 0.3) is 0 Å². The summed E-state index contributed by atoms with van der Waals surface area (Å²) in [6.45, 7) is 6.54. The summed E-state index contributed by atoms with van der Waals surface area (Å²) in [6.07, 6.45) is 1.78. The van der Waals surface area contributed by atoms with Crippen molar-refractivity contribution in [2.45, 2.75) is 39.3 Å². The Balaban J connectivity index is 2.08. The predicted octanol–water partition coefficient (Wildman–Crippen LogP) is 2.20. The van der Waals surface area contributed by atoms with Crippen molar-refractivity contribution in [1.82, 2.24) is 5.32 Å². The summed E-state index contributed by atoms with van der Waals surface area (Å²) in [5, 5.41) is 3.58. The Hall–Kier alpha value is -1.07. The van der Waals surface area contributed by atoms with Gasteiger partial charge in [0.2, 0.25) is 0 Å². The van der Waals surface area contributed by atoms with Crippen LogP contribution in [0, 0.1) is 0 Å². The van der Waals surface area contributed by atoms with Gasteiger partial charge in [-0.2, -0.15) is 0 Å². The average molecular weight is 310 g/mol. The van der Waals surface area contributed by atoms with E-state index < -0.39 is 9.84 Å². The first-order valence-corrected chi connectivity index (χ1v) is 9.64. The maximum atomic E-state index is 11.6. The van der Waals surface area contributed by atoms with Gasteiger partial charge in [0.05, 0.1) is 5.75 Å². The minimum Gasteiger partial charge on any atom is -0.370 e. The molecule has 1 aliphatic rings. The molecule has 1 aromatic carbocycles. The van der Waals surface area contributed by atoms with Gasteiger partial charge in [-0.15, -0.1) is 0 Å². The molecule has 21 heavy (non-hydrogen) atoms. The van der Waals surface area contributed by atoms with E-state index in [1.165, 1.54) is 11.3 Å². The van der Waals surface area contributed by atoms with Crippen molar-refractivity contribution in [2.75, 3.05) is 29.5 Å². The van der Waals surface area contributed by atoms with Gasteiger partial charge in [-0.25, -0.2) is 8.42 Å². The van der Waals surface area contributed by atoms with Gasteiger partial charge in [0.1, 0.15) is 9.84 Å². The van der Waals surface area contributed by atoms with E-state index in [2.05, 4.69) is 41.4 Å². The van der Waals surface area contributed by atoms with Crippen LogP contribution in [0.5, 0.6) is 0 Å². The Morgan fingerprint density at radius 1 is 1.29 bits per heavy atom. The van der Waals surface area contributed by atoms with Crippen molar-refractivity contribution in [3.05, 3.63) is 29.8 Å². The molecule has 0 saturated carbocycles. The molecule has 5 heteroatoms. The lowest BCUT2D eigenvalue weighted by Crippen LogP contribution is -2.38. The number of hydrogen-bond acceptors (Lipinski definition) is 4. The van der Waals surface area contributed by atoms with Gasteiger partial charge < -0.3 is 10.2 Å². The largest absolute Gasteiger partial charge is 0.370 e. The molecule has 1 aromatic rings. The van der Waals surface area contributed by atoms with E-state index in [-0.39, 0.29) is 11.5 Å². The fourth-order valence-electron chi connectivity index (χ4n) is 2.76. The van der Waals surface area contributed by atoms with Crippen molar-refractivity contribution < 1.29 is 8.42 Å². The van der Waals surface area contributed by atoms with Crippen molar-refractivity contribution >= 4 is 15.5 Å². The zero-order chi connectivity index (χ0) is 15.3. The second kappa shape index (κ2) is 7.27. The van der Waals surface area contributed by atoms with Gasteiger partial charge in [0, 0.05) is 37.1 Å². The van der Waals surface area contributed by atoms with Crippen LogP contribution < -0.4 is 10.2 Å². The molecule has 2 rings (SSSR count). The SMILES string of the molecule is CCC1CN(CCCS(=O)(=O)CC)c2ccccc2CN1. The number of nitrogens with zero attached hydrogens (tertiary/aromatic N) is 1. The van der Waals surface area contributed by atoms with Crippen molar-refractivity contribution in [1.29, 1.82) is 0 Å². The summed E-state index contributed by atoms with van der Waals surface area (Å²) in [7, 11) is -2.87. The molecule has 0 aliphatic carbocycles. The highest BCUT2D eigenvalue weighted by Crippen LogP contribution is 2.24. The molecule has 1 heterocycles. The third kappa shape index (κ3) is 4.45. The number of sulfone groups is 1. The van der Waals surface area contributed by atoms with E-state index >= 15 is 0 Å². The smallest absolute Gasteiger partial charge is 0.150 e. The highest BCUT2D eigenvalue weighted by molar-refractivity contribution is 7.91. The van der Waals surface area contributed by atoms with E-state index in [4.69, 9.17) is 0 Å². The maximum absolute atomic E-state index is 11.6. The molecule has 4 nitrogen and oxygen atoms in total. The highest BCUT2D eigenvalue weighted by Gasteiger charge is 2.20. The summed E-state index contributed by atoms with van der Waals surface area (Å²) in [5.41, 5.74) is 2.54. The number of nitrogens with one attached hydrogen (secondary N) is 1. The van der Waals surface area contributed by atoms with Crippen LogP contribution in [0.15, 0.2) is 24.3 Å². The van der Waals surface area contributed by atoms with E-state index in [0.717, 1.165) is 26.1 Å². The number of fused-ring (bicyclic) bond motifs is 1. The van der Waals surface area contributed by atoms with Crippen molar-refractivity contribution in [3.8, 4) is 0 Å². The summed E-state index contributed by atoms with van der Waals surface area (Å²) in [4.78, 5) is 2.34. The molecule has 0 aromatic heterocycles. The summed E-state index contributed by atoms with van der Waals surface area (Å²) in [6, 6.07) is 8.87. The average Bonchev–Trinajstić information content (AvgIpc) is 2.67.